The zero-order valence-electron chi connectivity index (χ0n) is 15.2. The molecule has 0 saturated carbocycles. The number of nitrogens with zero attached hydrogens (tertiary/aromatic N) is 2. The van der Waals surface area contributed by atoms with Crippen molar-refractivity contribution in [2.75, 3.05) is 11.1 Å². The minimum atomic E-state index is -0.158. The van der Waals surface area contributed by atoms with E-state index in [-0.39, 0.29) is 11.7 Å². The van der Waals surface area contributed by atoms with Gasteiger partial charge in [-0.3, -0.25) is 4.79 Å². The number of thioether (sulfide) groups is 1. The van der Waals surface area contributed by atoms with Crippen LogP contribution in [-0.4, -0.2) is 21.9 Å². The fourth-order valence-electron chi connectivity index (χ4n) is 2.43. The fraction of sp³-hybridized carbons (Fsp3) is 0.250. The molecule has 0 bridgehead atoms. The van der Waals surface area contributed by atoms with E-state index in [1.165, 1.54) is 17.3 Å². The number of hydrogen-bond acceptors (Lipinski definition) is 5. The zero-order valence-corrected chi connectivity index (χ0v) is 16.7. The Hall–Kier alpha value is -2.31. The highest BCUT2D eigenvalue weighted by atomic mass is 35.5. The van der Waals surface area contributed by atoms with Gasteiger partial charge >= 0.3 is 0 Å². The first-order valence-electron chi connectivity index (χ1n) is 8.62. The Labute approximate surface area is 167 Å². The molecule has 0 aliphatic rings. The van der Waals surface area contributed by atoms with Gasteiger partial charge in [-0.2, -0.15) is 0 Å². The summed E-state index contributed by atoms with van der Waals surface area (Å²) in [6.45, 7) is 4.04. The van der Waals surface area contributed by atoms with Crippen molar-refractivity contribution in [1.29, 1.82) is 0 Å². The Balaban J connectivity index is 1.51. The standard InChI is InChI=1S/C20H20ClN3O2S/c1-3-14-5-7-15(8-6-14)10-19-23-24-20(26-19)27-12-18(25)22-16-9-4-13(2)17(21)11-16/h4-9,11H,3,10,12H2,1-2H3,(H,22,25). The summed E-state index contributed by atoms with van der Waals surface area (Å²) < 4.78 is 5.62. The van der Waals surface area contributed by atoms with Crippen LogP contribution in [0.1, 0.15) is 29.5 Å². The van der Waals surface area contributed by atoms with Gasteiger partial charge in [0.25, 0.3) is 5.22 Å². The van der Waals surface area contributed by atoms with Gasteiger partial charge in [0.05, 0.1) is 12.2 Å². The summed E-state index contributed by atoms with van der Waals surface area (Å²) >= 11 is 7.27. The van der Waals surface area contributed by atoms with Crippen molar-refractivity contribution in [1.82, 2.24) is 10.2 Å². The maximum absolute atomic E-state index is 12.1. The number of hydrogen-bond donors (Lipinski definition) is 1. The van der Waals surface area contributed by atoms with Crippen LogP contribution in [0.5, 0.6) is 0 Å². The lowest BCUT2D eigenvalue weighted by Gasteiger charge is -2.05. The number of aryl methyl sites for hydroxylation is 2. The third kappa shape index (κ3) is 5.58. The Morgan fingerprint density at radius 3 is 2.59 bits per heavy atom. The van der Waals surface area contributed by atoms with Crippen molar-refractivity contribution in [2.24, 2.45) is 0 Å². The first kappa shape index (κ1) is 19.5. The molecule has 0 unspecified atom stereocenters. The normalized spacial score (nSPS) is 10.8. The zero-order chi connectivity index (χ0) is 19.2. The predicted molar refractivity (Wildman–Crippen MR) is 108 cm³/mol. The minimum absolute atomic E-state index is 0.158. The Bertz CT molecular complexity index is 925. The van der Waals surface area contributed by atoms with Crippen molar-refractivity contribution >= 4 is 35.0 Å². The van der Waals surface area contributed by atoms with Crippen molar-refractivity contribution in [3.05, 3.63) is 70.1 Å². The number of carbonyl (C=O) groups excluding carboxylic acids is 1. The number of anilines is 1. The van der Waals surface area contributed by atoms with E-state index in [0.29, 0.717) is 28.2 Å². The molecule has 0 radical (unpaired) electrons. The highest BCUT2D eigenvalue weighted by Crippen LogP contribution is 2.21. The third-order valence-corrected chi connectivity index (χ3v) is 5.24. The van der Waals surface area contributed by atoms with E-state index in [4.69, 9.17) is 16.0 Å². The maximum Gasteiger partial charge on any atom is 0.277 e. The molecule has 140 valence electrons. The van der Waals surface area contributed by atoms with Gasteiger partial charge in [0.2, 0.25) is 11.8 Å². The minimum Gasteiger partial charge on any atom is -0.416 e. The topological polar surface area (TPSA) is 68.0 Å². The molecule has 1 heterocycles. The monoisotopic (exact) mass is 401 g/mol. The number of carbonyl (C=O) groups is 1. The average molecular weight is 402 g/mol. The number of nitrogens with one attached hydrogen (secondary N) is 1. The molecule has 0 aliphatic heterocycles. The summed E-state index contributed by atoms with van der Waals surface area (Å²) in [5, 5.41) is 11.9. The highest BCUT2D eigenvalue weighted by molar-refractivity contribution is 7.99. The summed E-state index contributed by atoms with van der Waals surface area (Å²) in [6, 6.07) is 13.7. The van der Waals surface area contributed by atoms with Gasteiger partial charge < -0.3 is 9.73 Å². The molecule has 0 fully saturated rings. The van der Waals surface area contributed by atoms with Gasteiger partial charge in [-0.25, -0.2) is 0 Å². The summed E-state index contributed by atoms with van der Waals surface area (Å²) in [7, 11) is 0. The van der Waals surface area contributed by atoms with E-state index >= 15 is 0 Å². The second-order valence-electron chi connectivity index (χ2n) is 6.11. The van der Waals surface area contributed by atoms with Crippen molar-refractivity contribution in [3.8, 4) is 0 Å². The Kier molecular flexibility index (Phi) is 6.53. The Morgan fingerprint density at radius 2 is 1.89 bits per heavy atom. The number of benzene rings is 2. The van der Waals surface area contributed by atoms with Gasteiger partial charge in [0.1, 0.15) is 0 Å². The quantitative estimate of drug-likeness (QED) is 0.569. The van der Waals surface area contributed by atoms with Crippen molar-refractivity contribution in [2.45, 2.75) is 31.9 Å². The molecule has 0 saturated heterocycles. The van der Waals surface area contributed by atoms with Crippen LogP contribution in [0.15, 0.2) is 52.1 Å². The molecule has 0 spiro atoms. The third-order valence-electron chi connectivity index (χ3n) is 4.02. The largest absolute Gasteiger partial charge is 0.416 e. The van der Waals surface area contributed by atoms with E-state index < -0.39 is 0 Å². The van der Waals surface area contributed by atoms with E-state index in [1.54, 1.807) is 6.07 Å². The molecule has 1 amide bonds. The fourth-order valence-corrected chi connectivity index (χ4v) is 3.19. The van der Waals surface area contributed by atoms with Crippen LogP contribution in [0.3, 0.4) is 0 Å². The van der Waals surface area contributed by atoms with Crippen molar-refractivity contribution in [3.63, 3.8) is 0 Å². The van der Waals surface area contributed by atoms with Crippen LogP contribution < -0.4 is 5.32 Å². The molecular weight excluding hydrogens is 382 g/mol. The van der Waals surface area contributed by atoms with Gasteiger partial charge in [0.15, 0.2) is 0 Å². The summed E-state index contributed by atoms with van der Waals surface area (Å²) in [6.07, 6.45) is 1.59. The van der Waals surface area contributed by atoms with Crippen LogP contribution in [0, 0.1) is 6.92 Å². The van der Waals surface area contributed by atoms with Crippen LogP contribution in [-0.2, 0) is 17.6 Å². The lowest BCUT2D eigenvalue weighted by molar-refractivity contribution is -0.113. The molecule has 0 atom stereocenters. The van der Waals surface area contributed by atoms with E-state index in [9.17, 15) is 4.79 Å². The number of aromatic nitrogens is 2. The van der Waals surface area contributed by atoms with E-state index in [1.807, 2.05) is 19.1 Å². The average Bonchev–Trinajstić information content (AvgIpc) is 3.11. The molecule has 1 N–H and O–H groups in total. The van der Waals surface area contributed by atoms with Crippen molar-refractivity contribution < 1.29 is 9.21 Å². The van der Waals surface area contributed by atoms with Gasteiger partial charge in [-0.1, -0.05) is 60.6 Å². The molecule has 0 aliphatic carbocycles. The van der Waals surface area contributed by atoms with E-state index in [2.05, 4.69) is 46.7 Å². The van der Waals surface area contributed by atoms with Crippen LogP contribution in [0.4, 0.5) is 5.69 Å². The molecule has 2 aromatic carbocycles. The summed E-state index contributed by atoms with van der Waals surface area (Å²) in [5.74, 6) is 0.556. The molecule has 7 heteroatoms. The predicted octanol–water partition coefficient (Wildman–Crippen LogP) is 4.92. The molecule has 3 aromatic rings. The van der Waals surface area contributed by atoms with Crippen LogP contribution in [0.25, 0.3) is 0 Å². The number of halogens is 1. The molecule has 1 aromatic heterocycles. The first-order chi connectivity index (χ1) is 13.0. The van der Waals surface area contributed by atoms with Gasteiger partial charge in [-0.05, 0) is 42.2 Å². The molecule has 5 nitrogen and oxygen atoms in total. The number of rotatable bonds is 7. The first-order valence-corrected chi connectivity index (χ1v) is 9.99. The van der Waals surface area contributed by atoms with Gasteiger partial charge in [-0.15, -0.1) is 10.2 Å². The second-order valence-corrected chi connectivity index (χ2v) is 7.44. The Morgan fingerprint density at radius 1 is 1.15 bits per heavy atom. The summed E-state index contributed by atoms with van der Waals surface area (Å²) in [5.41, 5.74) is 4.03. The van der Waals surface area contributed by atoms with Crippen LogP contribution in [0.2, 0.25) is 5.02 Å². The molecule has 27 heavy (non-hydrogen) atoms. The summed E-state index contributed by atoms with van der Waals surface area (Å²) in [4.78, 5) is 12.1. The van der Waals surface area contributed by atoms with E-state index in [0.717, 1.165) is 17.5 Å². The highest BCUT2D eigenvalue weighted by Gasteiger charge is 2.11. The van der Waals surface area contributed by atoms with Gasteiger partial charge in [0, 0.05) is 10.7 Å². The lowest BCUT2D eigenvalue weighted by Crippen LogP contribution is -2.14. The lowest BCUT2D eigenvalue weighted by atomic mass is 10.1. The SMILES string of the molecule is CCc1ccc(Cc2nnc(SCC(=O)Nc3ccc(C)c(Cl)c3)o2)cc1. The molecule has 3 rings (SSSR count). The maximum atomic E-state index is 12.1. The van der Waals surface area contributed by atoms with Crippen LogP contribution >= 0.6 is 23.4 Å². The number of amides is 1. The smallest absolute Gasteiger partial charge is 0.277 e. The molecular formula is C20H20ClN3O2S. The second kappa shape index (κ2) is 9.06.